The van der Waals surface area contributed by atoms with Gasteiger partial charge in [-0.05, 0) is 35.7 Å². The van der Waals surface area contributed by atoms with Gasteiger partial charge in [-0.3, -0.25) is 9.63 Å². The van der Waals surface area contributed by atoms with Crippen LogP contribution in [0.15, 0.2) is 74.8 Å². The molecule has 130 valence electrons. The van der Waals surface area contributed by atoms with Gasteiger partial charge < -0.3 is 0 Å². The van der Waals surface area contributed by atoms with Crippen molar-refractivity contribution in [1.29, 1.82) is 0 Å². The fraction of sp³-hybridized carbons (Fsp3) is 0.100. The molecule has 3 aromatic rings. The van der Waals surface area contributed by atoms with Crippen molar-refractivity contribution >= 4 is 40.4 Å². The van der Waals surface area contributed by atoms with Gasteiger partial charge in [0.15, 0.2) is 0 Å². The standard InChI is InChI=1S/C20H16N2O2S2/c1-22(24-2)20(23)13-9-10-17-15(12-13)21-19(18-8-5-11-25-18)14-6-3-4-7-16(14)26-17/h3-12H,1-2H3. The number of carbonyl (C=O) groups is 1. The van der Waals surface area contributed by atoms with Crippen LogP contribution in [0.25, 0.3) is 0 Å². The summed E-state index contributed by atoms with van der Waals surface area (Å²) >= 11 is 3.33. The van der Waals surface area contributed by atoms with E-state index >= 15 is 0 Å². The number of hydrogen-bond acceptors (Lipinski definition) is 5. The third-order valence-corrected chi connectivity index (χ3v) is 6.13. The molecular weight excluding hydrogens is 364 g/mol. The number of thiophene rings is 1. The van der Waals surface area contributed by atoms with Crippen molar-refractivity contribution < 1.29 is 9.63 Å². The van der Waals surface area contributed by atoms with Gasteiger partial charge in [-0.25, -0.2) is 10.1 Å². The molecule has 26 heavy (non-hydrogen) atoms. The number of fused-ring (bicyclic) bond motifs is 2. The molecule has 1 aliphatic heterocycles. The van der Waals surface area contributed by atoms with Crippen molar-refractivity contribution in [2.24, 2.45) is 4.99 Å². The summed E-state index contributed by atoms with van der Waals surface area (Å²) < 4.78 is 0. The lowest BCUT2D eigenvalue weighted by molar-refractivity contribution is -0.0756. The average molecular weight is 380 g/mol. The van der Waals surface area contributed by atoms with E-state index in [1.54, 1.807) is 30.1 Å². The van der Waals surface area contributed by atoms with Crippen LogP contribution in [0.1, 0.15) is 20.8 Å². The van der Waals surface area contributed by atoms with E-state index in [1.807, 2.05) is 41.8 Å². The lowest BCUT2D eigenvalue weighted by Crippen LogP contribution is -2.25. The van der Waals surface area contributed by atoms with Crippen LogP contribution in [0, 0.1) is 0 Å². The van der Waals surface area contributed by atoms with E-state index in [-0.39, 0.29) is 5.91 Å². The molecule has 0 N–H and O–H groups in total. The molecule has 2 heterocycles. The van der Waals surface area contributed by atoms with Crippen molar-refractivity contribution in [2.75, 3.05) is 14.2 Å². The Kier molecular flexibility index (Phi) is 4.63. The molecule has 0 saturated heterocycles. The number of rotatable bonds is 3. The molecule has 2 aromatic carbocycles. The minimum Gasteiger partial charge on any atom is -0.274 e. The maximum atomic E-state index is 12.4. The van der Waals surface area contributed by atoms with Gasteiger partial charge in [-0.2, -0.15) is 0 Å². The first-order valence-electron chi connectivity index (χ1n) is 8.03. The number of benzene rings is 2. The second kappa shape index (κ2) is 7.07. The molecule has 4 rings (SSSR count). The van der Waals surface area contributed by atoms with Gasteiger partial charge in [0.25, 0.3) is 5.91 Å². The highest BCUT2D eigenvalue weighted by molar-refractivity contribution is 7.99. The Hall–Kier alpha value is -2.41. The molecule has 1 amide bonds. The molecule has 4 nitrogen and oxygen atoms in total. The fourth-order valence-electron chi connectivity index (χ4n) is 2.74. The maximum absolute atomic E-state index is 12.4. The van der Waals surface area contributed by atoms with E-state index in [2.05, 4.69) is 18.2 Å². The molecule has 1 aromatic heterocycles. The summed E-state index contributed by atoms with van der Waals surface area (Å²) in [5.74, 6) is -0.199. The molecule has 0 radical (unpaired) electrons. The lowest BCUT2D eigenvalue weighted by atomic mass is 10.1. The molecule has 0 atom stereocenters. The van der Waals surface area contributed by atoms with Crippen molar-refractivity contribution in [3.8, 4) is 0 Å². The van der Waals surface area contributed by atoms with E-state index < -0.39 is 0 Å². The first-order valence-corrected chi connectivity index (χ1v) is 9.73. The van der Waals surface area contributed by atoms with Crippen molar-refractivity contribution in [1.82, 2.24) is 5.06 Å². The van der Waals surface area contributed by atoms with Gasteiger partial charge in [0.1, 0.15) is 0 Å². The largest absolute Gasteiger partial charge is 0.277 e. The SMILES string of the molecule is CON(C)C(=O)c1ccc2c(c1)N=C(c1cccs1)c1ccccc1S2. The minimum atomic E-state index is -0.199. The summed E-state index contributed by atoms with van der Waals surface area (Å²) in [6.07, 6.45) is 0. The Bertz CT molecular complexity index is 997. The average Bonchev–Trinajstić information content (AvgIpc) is 3.15. The van der Waals surface area contributed by atoms with E-state index in [4.69, 9.17) is 9.83 Å². The van der Waals surface area contributed by atoms with Gasteiger partial charge in [0, 0.05) is 28.0 Å². The third-order valence-electron chi connectivity index (χ3n) is 4.11. The Balaban J connectivity index is 1.88. The van der Waals surface area contributed by atoms with Crippen molar-refractivity contribution in [2.45, 2.75) is 9.79 Å². The van der Waals surface area contributed by atoms with E-state index in [0.717, 1.165) is 31.6 Å². The van der Waals surface area contributed by atoms with Crippen LogP contribution in [0.5, 0.6) is 0 Å². The van der Waals surface area contributed by atoms with Crippen LogP contribution in [-0.4, -0.2) is 30.8 Å². The summed E-state index contributed by atoms with van der Waals surface area (Å²) in [5.41, 5.74) is 3.39. The van der Waals surface area contributed by atoms with Crippen molar-refractivity contribution in [3.63, 3.8) is 0 Å². The van der Waals surface area contributed by atoms with Crippen LogP contribution in [0.4, 0.5) is 5.69 Å². The Morgan fingerprint density at radius 1 is 1.08 bits per heavy atom. The molecule has 0 aliphatic carbocycles. The van der Waals surface area contributed by atoms with E-state index in [9.17, 15) is 4.79 Å². The van der Waals surface area contributed by atoms with Crippen LogP contribution in [0.3, 0.4) is 0 Å². The Morgan fingerprint density at radius 2 is 1.92 bits per heavy atom. The quantitative estimate of drug-likeness (QED) is 0.469. The normalized spacial score (nSPS) is 12.6. The molecular formula is C20H16N2O2S2. The third kappa shape index (κ3) is 3.07. The summed E-state index contributed by atoms with van der Waals surface area (Å²) in [4.78, 5) is 25.7. The van der Waals surface area contributed by atoms with Crippen LogP contribution >= 0.6 is 23.1 Å². The second-order valence-electron chi connectivity index (χ2n) is 5.70. The molecule has 0 unspecified atom stereocenters. The summed E-state index contributed by atoms with van der Waals surface area (Å²) in [5, 5.41) is 3.26. The number of aliphatic imine (C=N–C) groups is 1. The number of carbonyl (C=O) groups excluding carboxylic acids is 1. The molecule has 0 saturated carbocycles. The summed E-state index contributed by atoms with van der Waals surface area (Å²) in [7, 11) is 3.07. The fourth-order valence-corrected chi connectivity index (χ4v) is 4.47. The second-order valence-corrected chi connectivity index (χ2v) is 7.74. The first-order chi connectivity index (χ1) is 12.7. The van der Waals surface area contributed by atoms with E-state index in [1.165, 1.54) is 12.2 Å². The highest BCUT2D eigenvalue weighted by atomic mass is 32.2. The minimum absolute atomic E-state index is 0.199. The number of nitrogens with zero attached hydrogens (tertiary/aromatic N) is 2. The maximum Gasteiger partial charge on any atom is 0.277 e. The predicted molar refractivity (Wildman–Crippen MR) is 106 cm³/mol. The molecule has 0 fully saturated rings. The molecule has 1 aliphatic rings. The van der Waals surface area contributed by atoms with Gasteiger partial charge in [0.2, 0.25) is 0 Å². The summed E-state index contributed by atoms with van der Waals surface area (Å²) in [6, 6.07) is 18.0. The highest BCUT2D eigenvalue weighted by Crippen LogP contribution is 2.42. The zero-order valence-electron chi connectivity index (χ0n) is 14.3. The zero-order valence-corrected chi connectivity index (χ0v) is 15.9. The van der Waals surface area contributed by atoms with Crippen LogP contribution in [0.2, 0.25) is 0 Å². The van der Waals surface area contributed by atoms with Crippen LogP contribution < -0.4 is 0 Å². The molecule has 6 heteroatoms. The predicted octanol–water partition coefficient (Wildman–Crippen LogP) is 5.02. The van der Waals surface area contributed by atoms with Gasteiger partial charge in [0.05, 0.1) is 23.4 Å². The smallest absolute Gasteiger partial charge is 0.274 e. The lowest BCUT2D eigenvalue weighted by Gasteiger charge is -2.14. The number of amides is 1. The topological polar surface area (TPSA) is 41.9 Å². The number of hydroxylamine groups is 2. The molecule has 0 bridgehead atoms. The van der Waals surface area contributed by atoms with Gasteiger partial charge >= 0.3 is 0 Å². The highest BCUT2D eigenvalue weighted by Gasteiger charge is 2.21. The number of hydrogen-bond donors (Lipinski definition) is 0. The molecule has 0 spiro atoms. The first kappa shape index (κ1) is 17.0. The Labute approximate surface area is 160 Å². The van der Waals surface area contributed by atoms with Crippen LogP contribution in [-0.2, 0) is 4.84 Å². The van der Waals surface area contributed by atoms with Gasteiger partial charge in [-0.15, -0.1) is 11.3 Å². The Morgan fingerprint density at radius 3 is 2.69 bits per heavy atom. The summed E-state index contributed by atoms with van der Waals surface area (Å²) in [6.45, 7) is 0. The van der Waals surface area contributed by atoms with E-state index in [0.29, 0.717) is 5.56 Å². The van der Waals surface area contributed by atoms with Gasteiger partial charge in [-0.1, -0.05) is 36.0 Å². The monoisotopic (exact) mass is 380 g/mol. The van der Waals surface area contributed by atoms with Crippen molar-refractivity contribution in [3.05, 3.63) is 76.0 Å². The zero-order chi connectivity index (χ0) is 18.1.